The fourth-order valence-electron chi connectivity index (χ4n) is 2.92. The molecule has 5 N–H and O–H groups in total. The number of primary amides is 1. The molecule has 4 rings (SSSR count). The van der Waals surface area contributed by atoms with Crippen LogP contribution in [0.1, 0.15) is 27.0 Å². The number of aromatic nitrogens is 2. The predicted molar refractivity (Wildman–Crippen MR) is 100 cm³/mol. The summed E-state index contributed by atoms with van der Waals surface area (Å²) in [5.41, 5.74) is 16.2. The molecule has 3 aromatic rings. The number of nitrogens with zero attached hydrogens (tertiary/aromatic N) is 3. The van der Waals surface area contributed by atoms with Crippen LogP contribution in [0.25, 0.3) is 0 Å². The molecule has 7 nitrogen and oxygen atoms in total. The number of amides is 1. The Balaban J connectivity index is 1.67. The third kappa shape index (κ3) is 2.98. The van der Waals surface area contributed by atoms with Crippen LogP contribution in [0.3, 0.4) is 0 Å². The summed E-state index contributed by atoms with van der Waals surface area (Å²) in [5, 5.41) is 3.22. The average molecular weight is 344 g/mol. The molecule has 1 amide bonds. The number of carbonyl (C=O) groups is 1. The first kappa shape index (κ1) is 15.8. The maximum atomic E-state index is 11.4. The minimum Gasteiger partial charge on any atom is -0.368 e. The molecule has 2 aromatic carbocycles. The second-order valence-electron chi connectivity index (χ2n) is 5.91. The summed E-state index contributed by atoms with van der Waals surface area (Å²) in [6.07, 6.45) is 1.60. The number of hydrogen-bond acceptors (Lipinski definition) is 6. The molecular formula is C19H16N6O. The van der Waals surface area contributed by atoms with Crippen LogP contribution in [0.15, 0.2) is 59.7 Å². The highest BCUT2D eigenvalue weighted by atomic mass is 16.1. The number of fused-ring (bicyclic) bond motifs is 1. The Morgan fingerprint density at radius 1 is 1.12 bits per heavy atom. The molecule has 0 radical (unpaired) electrons. The van der Waals surface area contributed by atoms with Gasteiger partial charge in [-0.3, -0.25) is 9.79 Å². The normalized spacial score (nSPS) is 12.4. The van der Waals surface area contributed by atoms with Gasteiger partial charge in [-0.2, -0.15) is 4.98 Å². The van der Waals surface area contributed by atoms with Crippen LogP contribution in [0, 0.1) is 0 Å². The van der Waals surface area contributed by atoms with Gasteiger partial charge in [0.05, 0.1) is 12.3 Å². The summed E-state index contributed by atoms with van der Waals surface area (Å²) in [6, 6.07) is 14.9. The van der Waals surface area contributed by atoms with Gasteiger partial charge in [-0.1, -0.05) is 18.2 Å². The van der Waals surface area contributed by atoms with E-state index in [9.17, 15) is 4.79 Å². The Morgan fingerprint density at radius 2 is 2.00 bits per heavy atom. The second kappa shape index (κ2) is 6.29. The topological polar surface area (TPSA) is 119 Å². The minimum absolute atomic E-state index is 0.210. The van der Waals surface area contributed by atoms with Crippen molar-refractivity contribution in [2.24, 2.45) is 10.7 Å². The first-order valence-corrected chi connectivity index (χ1v) is 8.04. The number of benzene rings is 2. The van der Waals surface area contributed by atoms with Crippen molar-refractivity contribution in [1.82, 2.24) is 9.97 Å². The molecular weight excluding hydrogens is 328 g/mol. The van der Waals surface area contributed by atoms with E-state index in [2.05, 4.69) is 20.3 Å². The molecule has 1 aliphatic heterocycles. The number of nitrogen functional groups attached to an aromatic ring is 1. The van der Waals surface area contributed by atoms with E-state index in [4.69, 9.17) is 11.5 Å². The van der Waals surface area contributed by atoms with E-state index in [0.29, 0.717) is 17.9 Å². The van der Waals surface area contributed by atoms with Gasteiger partial charge < -0.3 is 16.8 Å². The Hall–Kier alpha value is -3.74. The Kier molecular flexibility index (Phi) is 3.81. The number of nitrogens with one attached hydrogen (secondary N) is 1. The molecule has 1 aromatic heterocycles. The first-order valence-electron chi connectivity index (χ1n) is 8.04. The standard InChI is InChI=1S/C19H16N6O/c20-18(26)12-3-1-2-11(8-12)17-15-9-14(5-4-13(15)10-23-17)24-16-6-7-22-19(21)25-16/h1-9H,10H2,(H2,20,26)(H3,21,22,24,25). The van der Waals surface area contributed by atoms with E-state index in [1.165, 1.54) is 0 Å². The van der Waals surface area contributed by atoms with Gasteiger partial charge in [0.15, 0.2) is 0 Å². The lowest BCUT2D eigenvalue weighted by atomic mass is 9.98. The van der Waals surface area contributed by atoms with Gasteiger partial charge in [0.25, 0.3) is 0 Å². The monoisotopic (exact) mass is 344 g/mol. The molecule has 2 heterocycles. The van der Waals surface area contributed by atoms with Gasteiger partial charge in [-0.05, 0) is 35.9 Å². The van der Waals surface area contributed by atoms with Gasteiger partial charge in [0, 0.05) is 28.6 Å². The lowest BCUT2D eigenvalue weighted by Gasteiger charge is -2.10. The Bertz CT molecular complexity index is 1040. The van der Waals surface area contributed by atoms with E-state index in [1.807, 2.05) is 30.3 Å². The predicted octanol–water partition coefficient (Wildman–Crippen LogP) is 2.25. The van der Waals surface area contributed by atoms with Gasteiger partial charge >= 0.3 is 0 Å². The van der Waals surface area contributed by atoms with E-state index in [0.717, 1.165) is 28.1 Å². The number of anilines is 3. The van der Waals surface area contributed by atoms with Crippen LogP contribution in [-0.4, -0.2) is 21.6 Å². The van der Waals surface area contributed by atoms with Gasteiger partial charge in [0.1, 0.15) is 5.82 Å². The molecule has 0 saturated carbocycles. The fourth-order valence-corrected chi connectivity index (χ4v) is 2.92. The van der Waals surface area contributed by atoms with Crippen LogP contribution >= 0.6 is 0 Å². The molecule has 7 heteroatoms. The van der Waals surface area contributed by atoms with E-state index in [1.54, 1.807) is 24.4 Å². The molecule has 0 saturated heterocycles. The zero-order valence-electron chi connectivity index (χ0n) is 13.8. The molecule has 26 heavy (non-hydrogen) atoms. The molecule has 0 unspecified atom stereocenters. The summed E-state index contributed by atoms with van der Waals surface area (Å²) in [5.74, 6) is 0.369. The van der Waals surface area contributed by atoms with Gasteiger partial charge in [-0.25, -0.2) is 4.98 Å². The number of carbonyl (C=O) groups excluding carboxylic acids is 1. The average Bonchev–Trinajstić information content (AvgIpc) is 3.05. The highest BCUT2D eigenvalue weighted by molar-refractivity contribution is 6.16. The van der Waals surface area contributed by atoms with Crippen molar-refractivity contribution in [3.8, 4) is 0 Å². The molecule has 0 atom stereocenters. The summed E-state index contributed by atoms with van der Waals surface area (Å²) < 4.78 is 0. The minimum atomic E-state index is -0.456. The highest BCUT2D eigenvalue weighted by Crippen LogP contribution is 2.27. The van der Waals surface area contributed by atoms with Crippen LogP contribution < -0.4 is 16.8 Å². The lowest BCUT2D eigenvalue weighted by molar-refractivity contribution is 0.100. The maximum absolute atomic E-state index is 11.4. The molecule has 0 spiro atoms. The van der Waals surface area contributed by atoms with Gasteiger partial charge in [-0.15, -0.1) is 0 Å². The van der Waals surface area contributed by atoms with Crippen LogP contribution in [0.4, 0.5) is 17.5 Å². The quantitative estimate of drug-likeness (QED) is 0.670. The second-order valence-corrected chi connectivity index (χ2v) is 5.91. The van der Waals surface area contributed by atoms with Gasteiger partial charge in [0.2, 0.25) is 11.9 Å². The fraction of sp³-hybridized carbons (Fsp3) is 0.0526. The molecule has 0 aliphatic carbocycles. The Morgan fingerprint density at radius 3 is 2.81 bits per heavy atom. The zero-order chi connectivity index (χ0) is 18.1. The van der Waals surface area contributed by atoms with E-state index < -0.39 is 5.91 Å². The molecule has 0 fully saturated rings. The summed E-state index contributed by atoms with van der Waals surface area (Å²) >= 11 is 0. The zero-order valence-corrected chi connectivity index (χ0v) is 13.8. The van der Waals surface area contributed by atoms with Crippen molar-refractivity contribution in [2.75, 3.05) is 11.1 Å². The number of aliphatic imine (C=N–C) groups is 1. The lowest BCUT2D eigenvalue weighted by Crippen LogP contribution is -2.12. The third-order valence-electron chi connectivity index (χ3n) is 4.14. The summed E-state index contributed by atoms with van der Waals surface area (Å²) in [6.45, 7) is 0.603. The number of nitrogens with two attached hydrogens (primary N) is 2. The smallest absolute Gasteiger partial charge is 0.248 e. The van der Waals surface area contributed by atoms with Crippen molar-refractivity contribution in [1.29, 1.82) is 0 Å². The van der Waals surface area contributed by atoms with Crippen LogP contribution in [-0.2, 0) is 6.54 Å². The number of rotatable bonds is 4. The third-order valence-corrected chi connectivity index (χ3v) is 4.14. The van der Waals surface area contributed by atoms with Crippen molar-refractivity contribution in [2.45, 2.75) is 6.54 Å². The first-order chi connectivity index (χ1) is 12.6. The molecule has 1 aliphatic rings. The van der Waals surface area contributed by atoms with Crippen molar-refractivity contribution in [3.63, 3.8) is 0 Å². The van der Waals surface area contributed by atoms with Crippen molar-refractivity contribution >= 4 is 29.1 Å². The molecule has 0 bridgehead atoms. The number of hydrogen-bond donors (Lipinski definition) is 3. The largest absolute Gasteiger partial charge is 0.368 e. The maximum Gasteiger partial charge on any atom is 0.248 e. The van der Waals surface area contributed by atoms with E-state index >= 15 is 0 Å². The van der Waals surface area contributed by atoms with Crippen molar-refractivity contribution in [3.05, 3.63) is 77.0 Å². The van der Waals surface area contributed by atoms with Crippen LogP contribution in [0.2, 0.25) is 0 Å². The summed E-state index contributed by atoms with van der Waals surface area (Å²) in [4.78, 5) is 24.1. The summed E-state index contributed by atoms with van der Waals surface area (Å²) in [7, 11) is 0. The molecule has 128 valence electrons. The van der Waals surface area contributed by atoms with Crippen molar-refractivity contribution < 1.29 is 4.79 Å². The van der Waals surface area contributed by atoms with E-state index in [-0.39, 0.29) is 5.95 Å². The highest BCUT2D eigenvalue weighted by Gasteiger charge is 2.19. The van der Waals surface area contributed by atoms with Crippen LogP contribution in [0.5, 0.6) is 0 Å². The SMILES string of the molecule is NC(=O)c1cccc(C2=NCc3ccc(Nc4ccnc(N)n4)cc32)c1. The Labute approximate surface area is 149 Å².